The van der Waals surface area contributed by atoms with Gasteiger partial charge in [-0.1, -0.05) is 65.1 Å². The standard InChI is InChI=1S/C26H19Cl3O5/c27-20-5-2-1-4-17(20)26-33-13-23(34-26)24-16-9-8-15(10-14(16)11-18(24)25(30)31)32-12-19-21(28)6-3-7-22(19)29/h1-10,13,18,24,26H,11-12H2,(H,30,31). The summed E-state index contributed by atoms with van der Waals surface area (Å²) in [6.07, 6.45) is 1.12. The van der Waals surface area contributed by atoms with Crippen LogP contribution in [0.25, 0.3) is 0 Å². The highest BCUT2D eigenvalue weighted by Crippen LogP contribution is 2.48. The van der Waals surface area contributed by atoms with E-state index < -0.39 is 24.1 Å². The molecule has 174 valence electrons. The maximum absolute atomic E-state index is 12.1. The van der Waals surface area contributed by atoms with Crippen LogP contribution in [0.4, 0.5) is 0 Å². The van der Waals surface area contributed by atoms with Gasteiger partial charge in [0.2, 0.25) is 0 Å². The molecule has 0 aromatic heterocycles. The second-order valence-corrected chi connectivity index (χ2v) is 9.33. The van der Waals surface area contributed by atoms with Crippen molar-refractivity contribution < 1.29 is 24.1 Å². The molecule has 0 fully saturated rings. The fourth-order valence-corrected chi connectivity index (χ4v) is 5.12. The highest BCUT2D eigenvalue weighted by molar-refractivity contribution is 6.36. The highest BCUT2D eigenvalue weighted by atomic mass is 35.5. The van der Waals surface area contributed by atoms with E-state index in [-0.39, 0.29) is 6.61 Å². The smallest absolute Gasteiger partial charge is 0.307 e. The number of ether oxygens (including phenoxy) is 3. The first-order valence-corrected chi connectivity index (χ1v) is 11.7. The van der Waals surface area contributed by atoms with Gasteiger partial charge in [-0.15, -0.1) is 0 Å². The van der Waals surface area contributed by atoms with Crippen molar-refractivity contribution in [1.82, 2.24) is 0 Å². The summed E-state index contributed by atoms with van der Waals surface area (Å²) < 4.78 is 17.7. The van der Waals surface area contributed by atoms with E-state index in [2.05, 4.69) is 0 Å². The largest absolute Gasteiger partial charge is 0.489 e. The lowest BCUT2D eigenvalue weighted by Gasteiger charge is -2.19. The molecule has 3 unspecified atom stereocenters. The van der Waals surface area contributed by atoms with Crippen molar-refractivity contribution in [2.75, 3.05) is 0 Å². The predicted octanol–water partition coefficient (Wildman–Crippen LogP) is 7.15. The van der Waals surface area contributed by atoms with E-state index >= 15 is 0 Å². The summed E-state index contributed by atoms with van der Waals surface area (Å²) in [6, 6.07) is 18.1. The fraction of sp³-hybridized carbons (Fsp3) is 0.192. The molecule has 1 N–H and O–H groups in total. The minimum absolute atomic E-state index is 0.199. The monoisotopic (exact) mass is 516 g/mol. The van der Waals surface area contributed by atoms with Crippen LogP contribution >= 0.6 is 34.8 Å². The predicted molar refractivity (Wildman–Crippen MR) is 129 cm³/mol. The summed E-state index contributed by atoms with van der Waals surface area (Å²) in [5, 5.41) is 11.5. The van der Waals surface area contributed by atoms with Crippen LogP contribution in [-0.4, -0.2) is 11.1 Å². The molecule has 0 saturated heterocycles. The summed E-state index contributed by atoms with van der Waals surface area (Å²) in [5.41, 5.74) is 3.12. The number of benzene rings is 3. The molecule has 1 aliphatic carbocycles. The molecule has 2 aliphatic rings. The minimum Gasteiger partial charge on any atom is -0.489 e. The number of hydrogen-bond donors (Lipinski definition) is 1. The maximum Gasteiger partial charge on any atom is 0.307 e. The quantitative estimate of drug-likeness (QED) is 0.376. The zero-order chi connectivity index (χ0) is 23.8. The Morgan fingerprint density at radius 2 is 1.71 bits per heavy atom. The van der Waals surface area contributed by atoms with E-state index in [4.69, 9.17) is 49.0 Å². The van der Waals surface area contributed by atoms with E-state index in [1.54, 1.807) is 24.3 Å². The Balaban J connectivity index is 1.37. The molecule has 8 heteroatoms. The number of carboxylic acid groups (broad SMARTS) is 1. The molecule has 5 nitrogen and oxygen atoms in total. The zero-order valence-electron chi connectivity index (χ0n) is 17.7. The van der Waals surface area contributed by atoms with Gasteiger partial charge in [-0.05, 0) is 47.9 Å². The van der Waals surface area contributed by atoms with Crippen molar-refractivity contribution in [2.24, 2.45) is 5.92 Å². The molecule has 3 aromatic rings. The summed E-state index contributed by atoms with van der Waals surface area (Å²) >= 11 is 18.7. The maximum atomic E-state index is 12.1. The van der Waals surface area contributed by atoms with Crippen molar-refractivity contribution in [2.45, 2.75) is 25.2 Å². The Bertz CT molecular complexity index is 1270. The number of carbonyl (C=O) groups is 1. The number of allylic oxidation sites excluding steroid dienone is 1. The fourth-order valence-electron chi connectivity index (χ4n) is 4.39. The lowest BCUT2D eigenvalue weighted by atomic mass is 9.91. The number of halogens is 3. The molecule has 3 aromatic carbocycles. The third-order valence-electron chi connectivity index (χ3n) is 6.07. The van der Waals surface area contributed by atoms with E-state index in [1.807, 2.05) is 36.4 Å². The van der Waals surface area contributed by atoms with Crippen LogP contribution in [0.1, 0.15) is 34.5 Å². The van der Waals surface area contributed by atoms with E-state index in [9.17, 15) is 9.90 Å². The van der Waals surface area contributed by atoms with Crippen molar-refractivity contribution in [1.29, 1.82) is 0 Å². The van der Waals surface area contributed by atoms with Gasteiger partial charge < -0.3 is 19.3 Å². The highest BCUT2D eigenvalue weighted by Gasteiger charge is 2.43. The summed E-state index contributed by atoms with van der Waals surface area (Å²) in [7, 11) is 0. The molecule has 34 heavy (non-hydrogen) atoms. The normalized spacial score (nSPS) is 20.8. The van der Waals surface area contributed by atoms with Crippen LogP contribution in [0.2, 0.25) is 15.1 Å². The number of carboxylic acids is 1. The van der Waals surface area contributed by atoms with Gasteiger partial charge in [-0.25, -0.2) is 0 Å². The summed E-state index contributed by atoms with van der Waals surface area (Å²) in [6.45, 7) is 0.199. The molecule has 1 aliphatic heterocycles. The first-order chi connectivity index (χ1) is 16.4. The number of aliphatic carboxylic acids is 1. The second kappa shape index (κ2) is 9.41. The average molecular weight is 518 g/mol. The second-order valence-electron chi connectivity index (χ2n) is 8.10. The van der Waals surface area contributed by atoms with Crippen LogP contribution in [0.3, 0.4) is 0 Å². The van der Waals surface area contributed by atoms with Gasteiger partial charge in [0.25, 0.3) is 6.29 Å². The molecule has 0 radical (unpaired) electrons. The lowest BCUT2D eigenvalue weighted by molar-refractivity contribution is -0.142. The Morgan fingerprint density at radius 3 is 2.44 bits per heavy atom. The number of hydrogen-bond acceptors (Lipinski definition) is 4. The Labute approximate surface area is 211 Å². The van der Waals surface area contributed by atoms with Crippen molar-refractivity contribution in [3.05, 3.63) is 110 Å². The van der Waals surface area contributed by atoms with Crippen LogP contribution < -0.4 is 4.74 Å². The van der Waals surface area contributed by atoms with Gasteiger partial charge in [0.15, 0.2) is 0 Å². The van der Waals surface area contributed by atoms with Crippen LogP contribution in [-0.2, 0) is 27.3 Å². The molecule has 0 spiro atoms. The number of rotatable bonds is 6. The van der Waals surface area contributed by atoms with E-state index in [0.29, 0.717) is 44.1 Å². The molecular formula is C26H19Cl3O5. The molecule has 0 saturated carbocycles. The Kier molecular flexibility index (Phi) is 6.34. The Morgan fingerprint density at radius 1 is 0.971 bits per heavy atom. The van der Waals surface area contributed by atoms with Crippen molar-refractivity contribution >= 4 is 40.8 Å². The van der Waals surface area contributed by atoms with E-state index in [1.165, 1.54) is 6.26 Å². The third-order valence-corrected chi connectivity index (χ3v) is 7.12. The first-order valence-electron chi connectivity index (χ1n) is 10.6. The summed E-state index contributed by atoms with van der Waals surface area (Å²) in [4.78, 5) is 12.1. The summed E-state index contributed by atoms with van der Waals surface area (Å²) in [5.74, 6) is -1.01. The van der Waals surface area contributed by atoms with Gasteiger partial charge in [0.1, 0.15) is 24.4 Å². The van der Waals surface area contributed by atoms with Gasteiger partial charge in [0.05, 0.1) is 22.4 Å². The van der Waals surface area contributed by atoms with Crippen molar-refractivity contribution in [3.63, 3.8) is 0 Å². The molecular weight excluding hydrogens is 499 g/mol. The van der Waals surface area contributed by atoms with Gasteiger partial charge in [-0.3, -0.25) is 4.79 Å². The average Bonchev–Trinajstić information content (AvgIpc) is 3.43. The van der Waals surface area contributed by atoms with E-state index in [0.717, 1.165) is 11.1 Å². The zero-order valence-corrected chi connectivity index (χ0v) is 20.0. The molecule has 3 atom stereocenters. The third kappa shape index (κ3) is 4.31. The molecule has 0 amide bonds. The van der Waals surface area contributed by atoms with Gasteiger partial charge in [0, 0.05) is 15.6 Å². The lowest BCUT2D eigenvalue weighted by Crippen LogP contribution is -2.20. The van der Waals surface area contributed by atoms with Crippen LogP contribution in [0.5, 0.6) is 5.75 Å². The SMILES string of the molecule is O=C(O)C1Cc2cc(OCc3c(Cl)cccc3Cl)ccc2C1C1=COC(c2ccccc2Cl)O1. The van der Waals surface area contributed by atoms with Crippen LogP contribution in [0.15, 0.2) is 72.7 Å². The number of fused-ring (bicyclic) bond motifs is 1. The van der Waals surface area contributed by atoms with Crippen LogP contribution in [0, 0.1) is 5.92 Å². The van der Waals surface area contributed by atoms with Gasteiger partial charge >= 0.3 is 5.97 Å². The molecule has 0 bridgehead atoms. The molecule has 1 heterocycles. The first kappa shape index (κ1) is 22.9. The minimum atomic E-state index is -0.905. The van der Waals surface area contributed by atoms with Gasteiger partial charge in [-0.2, -0.15) is 0 Å². The molecule has 5 rings (SSSR count). The topological polar surface area (TPSA) is 65.0 Å². The Hall–Kier alpha value is -2.86. The van der Waals surface area contributed by atoms with Crippen molar-refractivity contribution in [3.8, 4) is 5.75 Å².